The molecule has 2 heterocycles. The number of benzene rings is 1. The van der Waals surface area contributed by atoms with Crippen LogP contribution in [0.1, 0.15) is 16.1 Å². The van der Waals surface area contributed by atoms with Crippen LogP contribution in [0.5, 0.6) is 5.75 Å². The van der Waals surface area contributed by atoms with Crippen molar-refractivity contribution in [2.24, 2.45) is 4.99 Å². The zero-order valence-corrected chi connectivity index (χ0v) is 14.7. The van der Waals surface area contributed by atoms with Crippen LogP contribution in [0.15, 0.2) is 47.7 Å². The highest BCUT2D eigenvalue weighted by atomic mass is 35.5. The second-order valence-corrected chi connectivity index (χ2v) is 5.96. The van der Waals surface area contributed by atoms with E-state index in [0.717, 1.165) is 30.6 Å². The molecule has 2 aromatic heterocycles. The lowest BCUT2D eigenvalue weighted by molar-refractivity contribution is -0.140. The van der Waals surface area contributed by atoms with Gasteiger partial charge in [-0.05, 0) is 30.3 Å². The van der Waals surface area contributed by atoms with E-state index in [1.165, 1.54) is 6.07 Å². The number of alkyl halides is 5. The van der Waals surface area contributed by atoms with Gasteiger partial charge >= 0.3 is 12.8 Å². The van der Waals surface area contributed by atoms with E-state index in [1.807, 2.05) is 0 Å². The Bertz CT molecular complexity index is 1160. The standard InChI is InChI=1S/C17H9ClF5N3O3/c18-10-7-26(28)6-5-11(10)24-15(27)9-1-3-12(29-16(19)20)14-8(9)2-4-13(25-14)17(21,22)23/h1-7,16,28H. The van der Waals surface area contributed by atoms with Crippen molar-refractivity contribution in [2.75, 3.05) is 0 Å². The first-order valence-electron chi connectivity index (χ1n) is 7.68. The van der Waals surface area contributed by atoms with Gasteiger partial charge in [-0.2, -0.15) is 22.0 Å². The number of nitrogens with zero attached hydrogens (tertiary/aromatic N) is 3. The molecule has 1 N–H and O–H groups in total. The average Bonchev–Trinajstić information content (AvgIpc) is 2.62. The summed E-state index contributed by atoms with van der Waals surface area (Å²) in [7, 11) is 0. The second-order valence-electron chi connectivity index (χ2n) is 5.56. The van der Waals surface area contributed by atoms with Crippen molar-refractivity contribution in [2.45, 2.75) is 12.8 Å². The number of hydrogen-bond donors (Lipinski definition) is 1. The molecule has 0 aliphatic rings. The van der Waals surface area contributed by atoms with E-state index in [0.29, 0.717) is 10.8 Å². The predicted octanol–water partition coefficient (Wildman–Crippen LogP) is 4.29. The van der Waals surface area contributed by atoms with Gasteiger partial charge in [0.15, 0.2) is 5.75 Å². The Morgan fingerprint density at radius 3 is 2.55 bits per heavy atom. The molecule has 3 rings (SSSR count). The Hall–Kier alpha value is -3.21. The van der Waals surface area contributed by atoms with Crippen LogP contribution in [0.4, 0.5) is 22.0 Å². The molecule has 0 aliphatic carbocycles. The van der Waals surface area contributed by atoms with Crippen LogP contribution in [-0.2, 0) is 6.18 Å². The van der Waals surface area contributed by atoms with Gasteiger partial charge in [-0.3, -0.25) is 4.79 Å². The van der Waals surface area contributed by atoms with Crippen molar-refractivity contribution in [3.63, 3.8) is 0 Å². The molecule has 6 nitrogen and oxygen atoms in total. The summed E-state index contributed by atoms with van der Waals surface area (Å²) < 4.78 is 69.0. The largest absolute Gasteiger partial charge is 0.433 e. The molecular weight excluding hydrogens is 425 g/mol. The Morgan fingerprint density at radius 2 is 1.93 bits per heavy atom. The summed E-state index contributed by atoms with van der Waals surface area (Å²) in [5.41, 5.74) is -2.13. The van der Waals surface area contributed by atoms with E-state index >= 15 is 0 Å². The Balaban J connectivity index is 2.19. The molecule has 1 aromatic carbocycles. The van der Waals surface area contributed by atoms with E-state index < -0.39 is 35.7 Å². The van der Waals surface area contributed by atoms with E-state index in [1.54, 1.807) is 0 Å². The second kappa shape index (κ2) is 7.66. The SMILES string of the molecule is O=C(N=c1ccn(O)cc1Cl)c1ccc(OC(F)F)c2nc(C(F)(F)F)ccc12. The molecule has 12 heteroatoms. The maximum Gasteiger partial charge on any atom is 0.433 e. The molecule has 0 atom stereocenters. The summed E-state index contributed by atoms with van der Waals surface area (Å²) in [5.74, 6) is -1.55. The van der Waals surface area contributed by atoms with Gasteiger partial charge in [0.05, 0.1) is 22.1 Å². The van der Waals surface area contributed by atoms with Gasteiger partial charge in [0, 0.05) is 11.6 Å². The normalized spacial score (nSPS) is 12.6. The third kappa shape index (κ3) is 4.45. The van der Waals surface area contributed by atoms with Gasteiger partial charge in [0.2, 0.25) is 0 Å². The fraction of sp³-hybridized carbons (Fsp3) is 0.118. The van der Waals surface area contributed by atoms with Crippen molar-refractivity contribution >= 4 is 28.4 Å². The summed E-state index contributed by atoms with van der Waals surface area (Å²) >= 11 is 5.87. The number of carbonyl (C=O) groups excluding carboxylic acids is 1. The number of halogens is 6. The third-order valence-electron chi connectivity index (χ3n) is 3.65. The van der Waals surface area contributed by atoms with E-state index in [9.17, 15) is 32.0 Å². The smallest absolute Gasteiger partial charge is 0.432 e. The van der Waals surface area contributed by atoms with Crippen LogP contribution in [0.3, 0.4) is 0 Å². The van der Waals surface area contributed by atoms with Gasteiger partial charge in [0.25, 0.3) is 5.91 Å². The molecule has 0 bridgehead atoms. The highest BCUT2D eigenvalue weighted by Crippen LogP contribution is 2.34. The van der Waals surface area contributed by atoms with Crippen LogP contribution < -0.4 is 10.1 Å². The van der Waals surface area contributed by atoms with E-state index in [2.05, 4.69) is 14.7 Å². The average molecular weight is 434 g/mol. The van der Waals surface area contributed by atoms with Gasteiger partial charge in [0.1, 0.15) is 11.2 Å². The molecular formula is C17H9ClF5N3O3. The minimum absolute atomic E-state index is 0.0251. The lowest BCUT2D eigenvalue weighted by atomic mass is 10.1. The van der Waals surface area contributed by atoms with Crippen LogP contribution in [0.2, 0.25) is 5.02 Å². The van der Waals surface area contributed by atoms with E-state index in [4.69, 9.17) is 11.6 Å². The van der Waals surface area contributed by atoms with Crippen molar-refractivity contribution < 1.29 is 36.7 Å². The Kier molecular flexibility index (Phi) is 5.42. The maximum atomic E-state index is 13.0. The van der Waals surface area contributed by atoms with Crippen LogP contribution in [0, 0.1) is 0 Å². The van der Waals surface area contributed by atoms with Crippen molar-refractivity contribution in [1.82, 2.24) is 9.71 Å². The number of fused-ring (bicyclic) bond motifs is 1. The fourth-order valence-corrected chi connectivity index (χ4v) is 2.64. The molecule has 0 fully saturated rings. The first-order valence-corrected chi connectivity index (χ1v) is 8.06. The van der Waals surface area contributed by atoms with Gasteiger partial charge in [-0.1, -0.05) is 11.6 Å². The van der Waals surface area contributed by atoms with Crippen LogP contribution in [0.25, 0.3) is 10.9 Å². The molecule has 0 saturated heterocycles. The number of pyridine rings is 2. The van der Waals surface area contributed by atoms with Gasteiger partial charge in [-0.15, -0.1) is 0 Å². The number of carbonyl (C=O) groups is 1. The van der Waals surface area contributed by atoms with Crippen LogP contribution >= 0.6 is 11.6 Å². The zero-order valence-electron chi connectivity index (χ0n) is 14.0. The highest BCUT2D eigenvalue weighted by Gasteiger charge is 2.33. The molecule has 0 radical (unpaired) electrons. The summed E-state index contributed by atoms with van der Waals surface area (Å²) in [6.07, 6.45) is -2.63. The summed E-state index contributed by atoms with van der Waals surface area (Å²) in [5, 5.41) is 8.98. The van der Waals surface area contributed by atoms with Crippen LogP contribution in [-0.4, -0.2) is 27.4 Å². The lowest BCUT2D eigenvalue weighted by Gasteiger charge is -2.12. The number of hydrogen-bond acceptors (Lipinski definition) is 4. The van der Waals surface area contributed by atoms with Gasteiger partial charge in [-0.25, -0.2) is 14.7 Å². The first-order chi connectivity index (χ1) is 13.6. The zero-order chi connectivity index (χ0) is 21.3. The third-order valence-corrected chi connectivity index (χ3v) is 3.95. The molecule has 29 heavy (non-hydrogen) atoms. The lowest BCUT2D eigenvalue weighted by Crippen LogP contribution is -2.12. The van der Waals surface area contributed by atoms with Crippen molar-refractivity contribution in [1.29, 1.82) is 0 Å². The summed E-state index contributed by atoms with van der Waals surface area (Å²) in [4.78, 5) is 19.6. The van der Waals surface area contributed by atoms with Gasteiger partial charge < -0.3 is 9.94 Å². The molecule has 0 aliphatic heterocycles. The molecule has 3 aromatic rings. The highest BCUT2D eigenvalue weighted by molar-refractivity contribution is 6.30. The number of aromatic nitrogens is 2. The molecule has 1 amide bonds. The number of amides is 1. The van der Waals surface area contributed by atoms with Crippen molar-refractivity contribution in [3.8, 4) is 5.75 Å². The summed E-state index contributed by atoms with van der Waals surface area (Å²) in [6, 6.07) is 4.72. The minimum Gasteiger partial charge on any atom is -0.432 e. The maximum absolute atomic E-state index is 13.0. The molecule has 0 unspecified atom stereocenters. The molecule has 0 spiro atoms. The topological polar surface area (TPSA) is 76.7 Å². The fourth-order valence-electron chi connectivity index (χ4n) is 2.44. The first kappa shape index (κ1) is 20.5. The number of rotatable bonds is 3. The monoisotopic (exact) mass is 433 g/mol. The van der Waals surface area contributed by atoms with Crippen molar-refractivity contribution in [3.05, 3.63) is 64.4 Å². The molecule has 0 saturated carbocycles. The number of ether oxygens (including phenoxy) is 1. The quantitative estimate of drug-likeness (QED) is 0.494. The summed E-state index contributed by atoms with van der Waals surface area (Å²) in [6.45, 7) is -3.31. The Labute approximate surface area is 163 Å². The predicted molar refractivity (Wildman–Crippen MR) is 89.9 cm³/mol. The Morgan fingerprint density at radius 1 is 1.21 bits per heavy atom. The molecule has 152 valence electrons. The minimum atomic E-state index is -4.84. The van der Waals surface area contributed by atoms with E-state index in [-0.39, 0.29) is 21.3 Å².